The van der Waals surface area contributed by atoms with Crippen LogP contribution in [0.3, 0.4) is 0 Å². The summed E-state index contributed by atoms with van der Waals surface area (Å²) in [5.41, 5.74) is 7.09. The molecular formula is C11H13FN2O. The van der Waals surface area contributed by atoms with E-state index in [-0.39, 0.29) is 17.9 Å². The molecule has 0 saturated carbocycles. The van der Waals surface area contributed by atoms with Gasteiger partial charge in [-0.2, -0.15) is 0 Å². The van der Waals surface area contributed by atoms with Crippen LogP contribution in [0.15, 0.2) is 23.2 Å². The van der Waals surface area contributed by atoms with Crippen molar-refractivity contribution < 1.29 is 9.13 Å². The molecule has 4 heteroatoms. The highest BCUT2D eigenvalue weighted by atomic mass is 19.1. The van der Waals surface area contributed by atoms with Gasteiger partial charge < -0.3 is 10.5 Å². The van der Waals surface area contributed by atoms with Crippen LogP contribution in [-0.2, 0) is 11.2 Å². The van der Waals surface area contributed by atoms with Crippen molar-refractivity contribution in [2.75, 3.05) is 6.61 Å². The Hall–Kier alpha value is -1.58. The quantitative estimate of drug-likeness (QED) is 0.798. The molecule has 3 nitrogen and oxygen atoms in total. The van der Waals surface area contributed by atoms with Crippen molar-refractivity contribution in [1.29, 1.82) is 0 Å². The lowest BCUT2D eigenvalue weighted by atomic mass is 10.0. The predicted molar refractivity (Wildman–Crippen MR) is 56.2 cm³/mol. The zero-order chi connectivity index (χ0) is 10.8. The lowest BCUT2D eigenvalue weighted by Gasteiger charge is -2.07. The van der Waals surface area contributed by atoms with Crippen molar-refractivity contribution in [3.05, 3.63) is 35.1 Å². The summed E-state index contributed by atoms with van der Waals surface area (Å²) in [5, 5.41) is 0. The van der Waals surface area contributed by atoms with Crippen molar-refractivity contribution in [3.63, 3.8) is 0 Å². The average Bonchev–Trinajstić information content (AvgIpc) is 2.58. The van der Waals surface area contributed by atoms with E-state index in [1.165, 1.54) is 6.07 Å². The summed E-state index contributed by atoms with van der Waals surface area (Å²) in [4.78, 5) is 4.06. The van der Waals surface area contributed by atoms with E-state index < -0.39 is 0 Å². The molecule has 1 aliphatic heterocycles. The number of nitrogens with zero attached hydrogens (tertiary/aromatic N) is 1. The van der Waals surface area contributed by atoms with E-state index in [1.807, 2.05) is 13.0 Å². The maximum Gasteiger partial charge on any atom is 0.282 e. The lowest BCUT2D eigenvalue weighted by Crippen LogP contribution is -2.12. The fourth-order valence-electron chi connectivity index (χ4n) is 1.65. The molecule has 0 spiro atoms. The van der Waals surface area contributed by atoms with Crippen molar-refractivity contribution in [1.82, 2.24) is 0 Å². The van der Waals surface area contributed by atoms with Gasteiger partial charge in [0.1, 0.15) is 12.4 Å². The Labute approximate surface area is 87.8 Å². The zero-order valence-corrected chi connectivity index (χ0v) is 8.53. The van der Waals surface area contributed by atoms with Crippen molar-refractivity contribution in [3.8, 4) is 0 Å². The molecule has 0 bridgehead atoms. The summed E-state index contributed by atoms with van der Waals surface area (Å²) in [5.74, 6) is -0.193. The Bertz CT molecular complexity index is 404. The van der Waals surface area contributed by atoms with Gasteiger partial charge in [0.25, 0.3) is 6.02 Å². The fraction of sp³-hybridized carbons (Fsp3) is 0.364. The second-order valence-electron chi connectivity index (χ2n) is 3.73. The first kappa shape index (κ1) is 9.96. The molecule has 1 aliphatic rings. The molecule has 80 valence electrons. The summed E-state index contributed by atoms with van der Waals surface area (Å²) in [7, 11) is 0. The summed E-state index contributed by atoms with van der Waals surface area (Å²) in [6.45, 7) is 2.38. The molecule has 0 unspecified atom stereocenters. The Morgan fingerprint density at radius 3 is 3.07 bits per heavy atom. The molecule has 0 aliphatic carbocycles. The van der Waals surface area contributed by atoms with Crippen LogP contribution < -0.4 is 5.73 Å². The second-order valence-corrected chi connectivity index (χ2v) is 3.73. The van der Waals surface area contributed by atoms with Crippen LogP contribution in [0.5, 0.6) is 0 Å². The first-order chi connectivity index (χ1) is 7.15. The summed E-state index contributed by atoms with van der Waals surface area (Å²) in [6, 6.07) is 5.21. The van der Waals surface area contributed by atoms with Crippen molar-refractivity contribution in [2.45, 2.75) is 19.4 Å². The van der Waals surface area contributed by atoms with Crippen LogP contribution >= 0.6 is 0 Å². The van der Waals surface area contributed by atoms with E-state index in [1.54, 1.807) is 6.07 Å². The molecule has 15 heavy (non-hydrogen) atoms. The van der Waals surface area contributed by atoms with Gasteiger partial charge in [-0.1, -0.05) is 17.7 Å². The number of aryl methyl sites for hydroxylation is 1. The third kappa shape index (κ3) is 2.26. The van der Waals surface area contributed by atoms with Gasteiger partial charge in [-0.15, -0.1) is 0 Å². The minimum absolute atomic E-state index is 0.0544. The second kappa shape index (κ2) is 3.88. The van der Waals surface area contributed by atoms with Crippen molar-refractivity contribution in [2.24, 2.45) is 10.7 Å². The van der Waals surface area contributed by atoms with E-state index in [0.717, 1.165) is 5.56 Å². The largest absolute Gasteiger partial charge is 0.463 e. The Morgan fingerprint density at radius 1 is 1.60 bits per heavy atom. The van der Waals surface area contributed by atoms with Crippen LogP contribution in [-0.4, -0.2) is 18.7 Å². The molecule has 0 fully saturated rings. The number of nitrogens with two attached hydrogens (primary N) is 1. The van der Waals surface area contributed by atoms with E-state index in [2.05, 4.69) is 4.99 Å². The van der Waals surface area contributed by atoms with Gasteiger partial charge in [-0.3, -0.25) is 0 Å². The first-order valence-electron chi connectivity index (χ1n) is 4.86. The molecule has 0 aromatic heterocycles. The van der Waals surface area contributed by atoms with Gasteiger partial charge in [-0.05, 0) is 18.6 Å². The standard InChI is InChI=1S/C11H13FN2O/c1-7-2-3-10(12)8(4-7)5-9-6-15-11(13)14-9/h2-4,9H,5-6H2,1H3,(H2,13,14)/t9-/m0/s1. The molecule has 1 aromatic carbocycles. The third-order valence-corrected chi connectivity index (χ3v) is 2.39. The minimum Gasteiger partial charge on any atom is -0.463 e. The molecule has 1 aromatic rings. The van der Waals surface area contributed by atoms with Crippen LogP contribution in [0.25, 0.3) is 0 Å². The number of hydrogen-bond acceptors (Lipinski definition) is 3. The maximum atomic E-state index is 13.4. The van der Waals surface area contributed by atoms with E-state index in [0.29, 0.717) is 18.6 Å². The maximum absolute atomic E-state index is 13.4. The molecule has 2 N–H and O–H groups in total. The van der Waals surface area contributed by atoms with Gasteiger partial charge >= 0.3 is 0 Å². The fourth-order valence-corrected chi connectivity index (χ4v) is 1.65. The van der Waals surface area contributed by atoms with Gasteiger partial charge in [-0.25, -0.2) is 9.38 Å². The number of ether oxygens (including phenoxy) is 1. The zero-order valence-electron chi connectivity index (χ0n) is 8.53. The molecule has 1 heterocycles. The van der Waals surface area contributed by atoms with Crippen LogP contribution in [0.4, 0.5) is 4.39 Å². The topological polar surface area (TPSA) is 47.6 Å². The van der Waals surface area contributed by atoms with Gasteiger partial charge in [0.05, 0.1) is 6.04 Å². The van der Waals surface area contributed by atoms with E-state index in [9.17, 15) is 4.39 Å². The SMILES string of the molecule is Cc1ccc(F)c(C[C@H]2COC(N)=N2)c1. The molecule has 0 saturated heterocycles. The minimum atomic E-state index is -0.193. The summed E-state index contributed by atoms with van der Waals surface area (Å²) >= 11 is 0. The molecular weight excluding hydrogens is 195 g/mol. The van der Waals surface area contributed by atoms with Crippen LogP contribution in [0.1, 0.15) is 11.1 Å². The third-order valence-electron chi connectivity index (χ3n) is 2.39. The normalized spacial score (nSPS) is 19.9. The van der Waals surface area contributed by atoms with Crippen LogP contribution in [0, 0.1) is 12.7 Å². The molecule has 0 amide bonds. The van der Waals surface area contributed by atoms with Crippen molar-refractivity contribution >= 4 is 6.02 Å². The highest BCUT2D eigenvalue weighted by molar-refractivity contribution is 5.73. The number of halogens is 1. The first-order valence-corrected chi connectivity index (χ1v) is 4.86. The van der Waals surface area contributed by atoms with E-state index >= 15 is 0 Å². The molecule has 1 atom stereocenters. The lowest BCUT2D eigenvalue weighted by molar-refractivity contribution is 0.311. The number of benzene rings is 1. The average molecular weight is 208 g/mol. The monoisotopic (exact) mass is 208 g/mol. The smallest absolute Gasteiger partial charge is 0.282 e. The molecule has 0 radical (unpaired) electrons. The highest BCUT2D eigenvalue weighted by Crippen LogP contribution is 2.15. The highest BCUT2D eigenvalue weighted by Gasteiger charge is 2.18. The Kier molecular flexibility index (Phi) is 2.58. The summed E-state index contributed by atoms with van der Waals surface area (Å²) in [6.07, 6.45) is 0.536. The Morgan fingerprint density at radius 2 is 2.40 bits per heavy atom. The van der Waals surface area contributed by atoms with Gasteiger partial charge in [0.2, 0.25) is 0 Å². The Balaban J connectivity index is 2.14. The van der Waals surface area contributed by atoms with E-state index in [4.69, 9.17) is 10.5 Å². The van der Waals surface area contributed by atoms with Gasteiger partial charge in [0, 0.05) is 6.42 Å². The predicted octanol–water partition coefficient (Wildman–Crippen LogP) is 1.39. The number of hydrogen-bond donors (Lipinski definition) is 1. The molecule has 2 rings (SSSR count). The summed E-state index contributed by atoms with van der Waals surface area (Å²) < 4.78 is 18.4. The number of rotatable bonds is 2. The number of aliphatic imine (C=N–C) groups is 1. The van der Waals surface area contributed by atoms with Crippen LogP contribution in [0.2, 0.25) is 0 Å². The van der Waals surface area contributed by atoms with Gasteiger partial charge in [0.15, 0.2) is 0 Å². The number of amidine groups is 1.